The van der Waals surface area contributed by atoms with Gasteiger partial charge in [-0.15, -0.1) is 0 Å². The molecule has 6 nitrogen and oxygen atoms in total. The fourth-order valence-corrected chi connectivity index (χ4v) is 2.82. The number of aromatic nitrogens is 4. The Bertz CT molecular complexity index is 901. The third-order valence-electron chi connectivity index (χ3n) is 4.30. The van der Waals surface area contributed by atoms with Crippen molar-refractivity contribution in [1.82, 2.24) is 19.2 Å². The van der Waals surface area contributed by atoms with Crippen molar-refractivity contribution >= 4 is 23.3 Å². The number of esters is 1. The third-order valence-corrected chi connectivity index (χ3v) is 4.30. The van der Waals surface area contributed by atoms with Crippen LogP contribution in [0.1, 0.15) is 31.2 Å². The van der Waals surface area contributed by atoms with E-state index in [0.717, 1.165) is 17.9 Å². The van der Waals surface area contributed by atoms with Crippen molar-refractivity contribution in [2.45, 2.75) is 26.3 Å². The number of hydrogen-bond acceptors (Lipinski definition) is 4. The quantitative estimate of drug-likeness (QED) is 0.513. The highest BCUT2D eigenvalue weighted by Gasteiger charge is 2.23. The van der Waals surface area contributed by atoms with Crippen LogP contribution in [0.5, 0.6) is 0 Å². The molecule has 0 amide bonds. The molecule has 6 heteroatoms. The van der Waals surface area contributed by atoms with Crippen molar-refractivity contribution in [3.8, 4) is 0 Å². The molecule has 25 heavy (non-hydrogen) atoms. The first-order valence-corrected chi connectivity index (χ1v) is 8.59. The molecule has 0 spiro atoms. The van der Waals surface area contributed by atoms with E-state index in [4.69, 9.17) is 4.74 Å². The van der Waals surface area contributed by atoms with Crippen molar-refractivity contribution in [3.05, 3.63) is 54.2 Å². The van der Waals surface area contributed by atoms with Gasteiger partial charge in [-0.2, -0.15) is 5.10 Å². The molecular weight excluding hydrogens is 316 g/mol. The van der Waals surface area contributed by atoms with E-state index in [0.29, 0.717) is 23.8 Å². The molecule has 0 aromatic carbocycles. The molecule has 4 rings (SSSR count). The molecule has 3 heterocycles. The summed E-state index contributed by atoms with van der Waals surface area (Å²) in [7, 11) is 0. The predicted molar refractivity (Wildman–Crippen MR) is 94.6 cm³/mol. The lowest BCUT2D eigenvalue weighted by Gasteiger charge is -2.07. The van der Waals surface area contributed by atoms with Gasteiger partial charge in [0.25, 0.3) is 0 Å². The summed E-state index contributed by atoms with van der Waals surface area (Å²) in [5.74, 6) is 0.332. The Hall–Kier alpha value is -2.89. The Morgan fingerprint density at radius 1 is 1.36 bits per heavy atom. The Balaban J connectivity index is 1.75. The van der Waals surface area contributed by atoms with Crippen LogP contribution in [0.4, 0.5) is 0 Å². The lowest BCUT2D eigenvalue weighted by Crippen LogP contribution is -2.09. The van der Waals surface area contributed by atoms with E-state index >= 15 is 0 Å². The number of carbonyl (C=O) groups excluding carboxylic acids is 1. The summed E-state index contributed by atoms with van der Waals surface area (Å²) in [5, 5.41) is 4.39. The maximum Gasteiger partial charge on any atom is 0.340 e. The molecular formula is C19H20N4O2. The van der Waals surface area contributed by atoms with Gasteiger partial charge in [0.05, 0.1) is 23.6 Å². The smallest absolute Gasteiger partial charge is 0.340 e. The van der Waals surface area contributed by atoms with Gasteiger partial charge in [-0.05, 0) is 50.0 Å². The van der Waals surface area contributed by atoms with Crippen LogP contribution in [-0.2, 0) is 16.1 Å². The highest BCUT2D eigenvalue weighted by atomic mass is 16.5. The minimum Gasteiger partial charge on any atom is -0.462 e. The molecule has 3 aromatic heterocycles. The van der Waals surface area contributed by atoms with Crippen molar-refractivity contribution in [1.29, 1.82) is 0 Å². The van der Waals surface area contributed by atoms with Gasteiger partial charge < -0.3 is 9.14 Å². The monoisotopic (exact) mass is 336 g/mol. The summed E-state index contributed by atoms with van der Waals surface area (Å²) in [6, 6.07) is 7.67. The first kappa shape index (κ1) is 15.6. The largest absolute Gasteiger partial charge is 0.462 e. The van der Waals surface area contributed by atoms with Crippen LogP contribution in [0.3, 0.4) is 0 Å². The zero-order valence-electron chi connectivity index (χ0n) is 14.1. The van der Waals surface area contributed by atoms with E-state index in [9.17, 15) is 4.79 Å². The molecule has 1 saturated carbocycles. The fraction of sp³-hybridized carbons (Fsp3) is 0.316. The first-order chi connectivity index (χ1) is 12.2. The molecule has 1 aliphatic rings. The number of fused-ring (bicyclic) bond motifs is 1. The van der Waals surface area contributed by atoms with Gasteiger partial charge in [0, 0.05) is 25.1 Å². The molecule has 0 saturated heterocycles. The Morgan fingerprint density at radius 3 is 3.00 bits per heavy atom. The summed E-state index contributed by atoms with van der Waals surface area (Å²) in [5.41, 5.74) is 2.73. The van der Waals surface area contributed by atoms with E-state index in [1.807, 2.05) is 51.8 Å². The normalized spacial score (nSPS) is 14.8. The van der Waals surface area contributed by atoms with Gasteiger partial charge in [0.2, 0.25) is 0 Å². The van der Waals surface area contributed by atoms with Gasteiger partial charge in [0.15, 0.2) is 0 Å². The number of carbonyl (C=O) groups is 1. The first-order valence-electron chi connectivity index (χ1n) is 8.59. The minimum absolute atomic E-state index is 0.324. The van der Waals surface area contributed by atoms with E-state index in [-0.39, 0.29) is 5.97 Å². The molecule has 1 fully saturated rings. The van der Waals surface area contributed by atoms with Gasteiger partial charge in [0.1, 0.15) is 5.65 Å². The second-order valence-electron chi connectivity index (χ2n) is 6.25. The van der Waals surface area contributed by atoms with Crippen LogP contribution in [0.15, 0.2) is 42.9 Å². The molecule has 1 aliphatic carbocycles. The number of imidazole rings is 1. The molecule has 0 radical (unpaired) electrons. The summed E-state index contributed by atoms with van der Waals surface area (Å²) in [4.78, 5) is 17.1. The van der Waals surface area contributed by atoms with Crippen molar-refractivity contribution < 1.29 is 9.53 Å². The minimum atomic E-state index is -0.370. The average Bonchev–Trinajstić information content (AvgIpc) is 3.15. The molecule has 3 aromatic rings. The zero-order chi connectivity index (χ0) is 17.2. The summed E-state index contributed by atoms with van der Waals surface area (Å²) in [6.07, 6.45) is 9.85. The number of pyridine rings is 1. The van der Waals surface area contributed by atoms with Crippen LogP contribution in [-0.4, -0.2) is 31.7 Å². The van der Waals surface area contributed by atoms with E-state index in [2.05, 4.69) is 10.1 Å². The van der Waals surface area contributed by atoms with Crippen molar-refractivity contribution in [3.63, 3.8) is 0 Å². The van der Waals surface area contributed by atoms with Crippen LogP contribution in [0.2, 0.25) is 0 Å². The molecule has 0 bridgehead atoms. The average molecular weight is 336 g/mol. The molecule has 0 unspecified atom stereocenters. The second kappa shape index (κ2) is 6.55. The molecule has 0 aliphatic heterocycles. The Labute approximate surface area is 145 Å². The lowest BCUT2D eigenvalue weighted by molar-refractivity contribution is -0.136. The van der Waals surface area contributed by atoms with E-state index in [1.54, 1.807) is 13.1 Å². The third kappa shape index (κ3) is 3.33. The Morgan fingerprint density at radius 2 is 2.24 bits per heavy atom. The summed E-state index contributed by atoms with van der Waals surface area (Å²) < 4.78 is 9.09. The van der Waals surface area contributed by atoms with E-state index < -0.39 is 0 Å². The number of hydrogen-bond donors (Lipinski definition) is 0. The molecule has 0 N–H and O–H groups in total. The van der Waals surface area contributed by atoms with E-state index in [1.165, 1.54) is 12.8 Å². The van der Waals surface area contributed by atoms with Crippen LogP contribution in [0, 0.1) is 5.92 Å². The SMILES string of the molecule is CCOC(=O)/C(=C\c1ccnn1CC1CC1)c1cn2ccccc2n1. The highest BCUT2D eigenvalue weighted by molar-refractivity contribution is 6.21. The predicted octanol–water partition coefficient (Wildman–Crippen LogP) is 3.04. The van der Waals surface area contributed by atoms with Gasteiger partial charge in [-0.1, -0.05) is 6.07 Å². The summed E-state index contributed by atoms with van der Waals surface area (Å²) >= 11 is 0. The molecule has 0 atom stereocenters. The van der Waals surface area contributed by atoms with Gasteiger partial charge >= 0.3 is 5.97 Å². The Kier molecular flexibility index (Phi) is 4.09. The van der Waals surface area contributed by atoms with Crippen LogP contribution >= 0.6 is 0 Å². The number of rotatable bonds is 6. The summed E-state index contributed by atoms with van der Waals surface area (Å²) in [6.45, 7) is 3.02. The van der Waals surface area contributed by atoms with Crippen molar-refractivity contribution in [2.75, 3.05) is 6.61 Å². The number of nitrogens with zero attached hydrogens (tertiary/aromatic N) is 4. The van der Waals surface area contributed by atoms with Gasteiger partial charge in [-0.3, -0.25) is 4.68 Å². The second-order valence-corrected chi connectivity index (χ2v) is 6.25. The van der Waals surface area contributed by atoms with Crippen molar-refractivity contribution in [2.24, 2.45) is 5.92 Å². The fourth-order valence-electron chi connectivity index (χ4n) is 2.82. The van der Waals surface area contributed by atoms with Gasteiger partial charge in [-0.25, -0.2) is 9.78 Å². The van der Waals surface area contributed by atoms with Crippen LogP contribution in [0.25, 0.3) is 17.3 Å². The lowest BCUT2D eigenvalue weighted by atomic mass is 10.1. The maximum absolute atomic E-state index is 12.5. The number of ether oxygens (including phenoxy) is 1. The standard InChI is InChI=1S/C19H20N4O2/c1-2-25-19(24)16(17-13-22-10-4-3-5-18(22)21-17)11-15-8-9-20-23(15)12-14-6-7-14/h3-5,8-11,13-14H,2,6-7,12H2,1H3/b16-11-. The molecule has 128 valence electrons. The maximum atomic E-state index is 12.5. The topological polar surface area (TPSA) is 61.4 Å². The van der Waals surface area contributed by atoms with Crippen LogP contribution < -0.4 is 0 Å². The highest BCUT2D eigenvalue weighted by Crippen LogP contribution is 2.31. The zero-order valence-corrected chi connectivity index (χ0v) is 14.1.